The summed E-state index contributed by atoms with van der Waals surface area (Å²) in [5.41, 5.74) is 2.77. The van der Waals surface area contributed by atoms with Crippen molar-refractivity contribution in [1.29, 1.82) is 0 Å². The molecule has 0 aliphatic carbocycles. The van der Waals surface area contributed by atoms with Crippen LogP contribution in [-0.4, -0.2) is 50.1 Å². The van der Waals surface area contributed by atoms with Crippen LogP contribution in [0.15, 0.2) is 18.2 Å². The quantitative estimate of drug-likeness (QED) is 0.259. The van der Waals surface area contributed by atoms with Crippen LogP contribution in [0.25, 0.3) is 5.57 Å². The predicted octanol–water partition coefficient (Wildman–Crippen LogP) is 0.640. The van der Waals surface area contributed by atoms with Crippen LogP contribution in [-0.2, 0) is 6.42 Å². The predicted molar refractivity (Wildman–Crippen MR) is 112 cm³/mol. The molecule has 0 amide bonds. The molecule has 178 valence electrons. The Hall–Kier alpha value is -1.31. The number of nitrogens with zero attached hydrogens (tertiary/aromatic N) is 2. The third-order valence-electron chi connectivity index (χ3n) is 4.53. The van der Waals surface area contributed by atoms with Gasteiger partial charge < -0.3 is 4.90 Å². The van der Waals surface area contributed by atoms with E-state index in [4.69, 9.17) is 18.6 Å². The number of benzene rings is 1. The molecule has 0 fully saturated rings. The number of likely N-dealkylation sites (N-methyl/N-ethyl adjacent to an activating group) is 1. The van der Waals surface area contributed by atoms with Gasteiger partial charge in [-0.2, -0.15) is 4.58 Å². The zero-order valence-corrected chi connectivity index (χ0v) is 20.3. The summed E-state index contributed by atoms with van der Waals surface area (Å²) in [6.45, 7) is 2.99. The van der Waals surface area contributed by atoms with Gasteiger partial charge in [0.25, 0.3) is 0 Å². The second-order valence-electron chi connectivity index (χ2n) is 8.13. The molecule has 1 rings (SSSR count). The summed E-state index contributed by atoms with van der Waals surface area (Å²) in [5.74, 6) is 3.22. The molecule has 0 aliphatic heterocycles. The maximum Gasteiger partial charge on any atom is 0.172 e. The molecule has 1 aromatic carbocycles. The molecule has 0 saturated carbocycles. The van der Waals surface area contributed by atoms with Crippen LogP contribution in [0, 0.1) is 16.1 Å². The summed E-state index contributed by atoms with van der Waals surface area (Å²) >= 11 is 0. The lowest BCUT2D eigenvalue weighted by atomic mass is 10.00. The minimum Gasteiger partial charge on any atom is -0.304 e. The number of hydrogen-bond donors (Lipinski definition) is 0. The van der Waals surface area contributed by atoms with Crippen molar-refractivity contribution in [3.8, 4) is 0 Å². The maximum absolute atomic E-state index is 14.5. The van der Waals surface area contributed by atoms with E-state index in [1.807, 2.05) is 44.9 Å². The Morgan fingerprint density at radius 2 is 1.48 bits per heavy atom. The molecule has 0 heterocycles. The minimum atomic E-state index is -4.94. The lowest BCUT2D eigenvalue weighted by Gasteiger charge is -2.17. The standard InChI is InChI=1S/C23H38FN2.ClHO4/c1-6-7-8-9-10-11-12-13-14-20-15-16-21(17-23(20)24)22(18-25(2)3)19-26(4)5;2-1(3,4)5/h15-17H,6-14,18H2,1-5H3;(H,2,3,4,5)/q+1;/p-1. The Balaban J connectivity index is 0.00000161. The van der Waals surface area contributed by atoms with Gasteiger partial charge in [-0.1, -0.05) is 64.0 Å². The van der Waals surface area contributed by atoms with Crippen molar-refractivity contribution in [2.45, 2.75) is 64.7 Å². The monoisotopic (exact) mass is 460 g/mol. The van der Waals surface area contributed by atoms with E-state index in [1.54, 1.807) is 6.07 Å². The Labute approximate surface area is 189 Å². The van der Waals surface area contributed by atoms with E-state index in [0.29, 0.717) is 0 Å². The number of halogens is 2. The molecule has 0 radical (unpaired) electrons. The summed E-state index contributed by atoms with van der Waals surface area (Å²) in [7, 11) is 2.99. The van der Waals surface area contributed by atoms with Crippen molar-refractivity contribution in [3.05, 3.63) is 35.1 Å². The fourth-order valence-electron chi connectivity index (χ4n) is 3.16. The van der Waals surface area contributed by atoms with E-state index < -0.39 is 10.2 Å². The summed E-state index contributed by atoms with van der Waals surface area (Å²) < 4.78 is 50.4. The van der Waals surface area contributed by atoms with Crippen LogP contribution in [0.3, 0.4) is 0 Å². The van der Waals surface area contributed by atoms with Gasteiger partial charge in [0, 0.05) is 6.54 Å². The third kappa shape index (κ3) is 18.0. The van der Waals surface area contributed by atoms with Crippen molar-refractivity contribution in [3.63, 3.8) is 0 Å². The highest BCUT2D eigenvalue weighted by molar-refractivity contribution is 5.88. The van der Waals surface area contributed by atoms with E-state index in [9.17, 15) is 4.39 Å². The van der Waals surface area contributed by atoms with E-state index in [-0.39, 0.29) is 5.82 Å². The van der Waals surface area contributed by atoms with Crippen molar-refractivity contribution < 1.29 is 37.8 Å². The first-order chi connectivity index (χ1) is 14.4. The maximum atomic E-state index is 14.5. The van der Waals surface area contributed by atoms with Gasteiger partial charge in [0.1, 0.15) is 19.9 Å². The average molecular weight is 461 g/mol. The van der Waals surface area contributed by atoms with Crippen LogP contribution in [0.5, 0.6) is 0 Å². The number of rotatable bonds is 12. The second-order valence-corrected chi connectivity index (χ2v) is 8.89. The van der Waals surface area contributed by atoms with Gasteiger partial charge >= 0.3 is 0 Å². The highest BCUT2D eigenvalue weighted by Gasteiger charge is 2.10. The molecule has 31 heavy (non-hydrogen) atoms. The van der Waals surface area contributed by atoms with Crippen molar-refractivity contribution in [2.75, 3.05) is 34.7 Å². The molecule has 8 heteroatoms. The van der Waals surface area contributed by atoms with Crippen LogP contribution in [0.4, 0.5) is 4.39 Å². The highest BCUT2D eigenvalue weighted by Crippen LogP contribution is 2.19. The molecule has 1 aromatic rings. The van der Waals surface area contributed by atoms with Crippen molar-refractivity contribution in [2.24, 2.45) is 0 Å². The summed E-state index contributed by atoms with van der Waals surface area (Å²) in [6.07, 6.45) is 11.1. The molecule has 0 unspecified atom stereocenters. The fourth-order valence-corrected chi connectivity index (χ4v) is 3.16. The minimum absolute atomic E-state index is 0.0812. The lowest BCUT2D eigenvalue weighted by Crippen LogP contribution is -2.68. The number of unbranched alkanes of at least 4 members (excludes halogenated alkanes) is 7. The van der Waals surface area contributed by atoms with Gasteiger partial charge in [0.2, 0.25) is 0 Å². The summed E-state index contributed by atoms with van der Waals surface area (Å²) in [5, 5.41) is 0. The Morgan fingerprint density at radius 3 is 1.94 bits per heavy atom. The summed E-state index contributed by atoms with van der Waals surface area (Å²) in [6, 6.07) is 5.67. The largest absolute Gasteiger partial charge is 0.304 e. The Morgan fingerprint density at radius 1 is 0.968 bits per heavy atom. The van der Waals surface area contributed by atoms with Gasteiger partial charge in [0.15, 0.2) is 5.87 Å². The molecule has 6 nitrogen and oxygen atoms in total. The molecule has 0 spiro atoms. The van der Waals surface area contributed by atoms with E-state index in [0.717, 1.165) is 36.1 Å². The third-order valence-corrected chi connectivity index (χ3v) is 4.53. The number of aryl methyl sites for hydroxylation is 1. The van der Waals surface area contributed by atoms with Gasteiger partial charge in [-0.25, -0.2) is 23.0 Å². The molecule has 0 saturated heterocycles. The molecule has 0 N–H and O–H groups in total. The molecular formula is C23H38ClFN2O4. The first-order valence-corrected chi connectivity index (χ1v) is 12.0. The molecular weight excluding hydrogens is 423 g/mol. The molecule has 0 aromatic heterocycles. The molecule has 0 bridgehead atoms. The average Bonchev–Trinajstić information content (AvgIpc) is 2.62. The molecule has 0 aliphatic rings. The second kappa shape index (κ2) is 16.3. The number of hydrogen-bond acceptors (Lipinski definition) is 5. The highest BCUT2D eigenvalue weighted by atomic mass is 35.7. The summed E-state index contributed by atoms with van der Waals surface area (Å²) in [4.78, 5) is 2.08. The van der Waals surface area contributed by atoms with Gasteiger partial charge in [-0.15, -0.1) is 10.2 Å². The van der Waals surface area contributed by atoms with E-state index in [2.05, 4.69) is 17.7 Å². The normalized spacial score (nSPS) is 11.1. The van der Waals surface area contributed by atoms with Gasteiger partial charge in [0.05, 0.1) is 5.57 Å². The first-order valence-electron chi connectivity index (χ1n) is 10.8. The van der Waals surface area contributed by atoms with Crippen molar-refractivity contribution in [1.82, 2.24) is 4.90 Å². The van der Waals surface area contributed by atoms with Crippen LogP contribution in [0.2, 0.25) is 0 Å². The smallest absolute Gasteiger partial charge is 0.172 e. The van der Waals surface area contributed by atoms with Gasteiger partial charge in [-0.3, -0.25) is 0 Å². The Bertz CT molecular complexity index is 689. The van der Waals surface area contributed by atoms with E-state index >= 15 is 0 Å². The van der Waals surface area contributed by atoms with Gasteiger partial charge in [-0.05, 0) is 44.1 Å². The fraction of sp³-hybridized carbons (Fsp3) is 0.652. The zero-order valence-electron chi connectivity index (χ0n) is 19.6. The van der Waals surface area contributed by atoms with Crippen LogP contribution >= 0.6 is 0 Å². The topological polar surface area (TPSA) is 98.5 Å². The van der Waals surface area contributed by atoms with E-state index in [1.165, 1.54) is 44.9 Å². The SMILES string of the molecule is CCCCCCCCCCc1ccc(C(=C=[N+](C)C)CN(C)C)cc1F.[O-][Cl+3]([O-])([O-])[O-]. The molecule has 0 atom stereocenters. The van der Waals surface area contributed by atoms with Crippen LogP contribution < -0.4 is 18.6 Å². The lowest BCUT2D eigenvalue weighted by molar-refractivity contribution is -2.00. The Kier molecular flexibility index (Phi) is 15.7. The first kappa shape index (κ1) is 29.7. The van der Waals surface area contributed by atoms with Crippen LogP contribution in [0.1, 0.15) is 69.4 Å². The van der Waals surface area contributed by atoms with Crippen molar-refractivity contribution >= 4 is 11.4 Å². The zero-order chi connectivity index (χ0) is 23.9.